The van der Waals surface area contributed by atoms with E-state index in [-0.39, 0.29) is 12.3 Å². The first-order valence-electron chi connectivity index (χ1n) is 6.19. The van der Waals surface area contributed by atoms with Gasteiger partial charge in [-0.25, -0.2) is 12.7 Å². The minimum absolute atomic E-state index is 0.0108. The number of rotatable bonds is 6. The Balaban J connectivity index is 2.77. The molecule has 1 atom stereocenters. The van der Waals surface area contributed by atoms with Crippen molar-refractivity contribution in [3.8, 4) is 0 Å². The lowest BCUT2D eigenvalue weighted by molar-refractivity contribution is -0.137. The summed E-state index contributed by atoms with van der Waals surface area (Å²) in [5.74, 6) is -0.180. The second kappa shape index (κ2) is 6.76. The van der Waals surface area contributed by atoms with E-state index in [1.54, 1.807) is 6.92 Å². The number of methoxy groups -OCH3 is 1. The van der Waals surface area contributed by atoms with Gasteiger partial charge < -0.3 is 4.74 Å². The fraction of sp³-hybridized carbons (Fsp3) is 0.538. The van der Waals surface area contributed by atoms with Gasteiger partial charge in [-0.05, 0) is 24.6 Å². The molecule has 120 valence electrons. The molecule has 0 radical (unpaired) electrons. The molecule has 1 aromatic rings. The highest BCUT2D eigenvalue weighted by molar-refractivity contribution is 7.89. The summed E-state index contributed by atoms with van der Waals surface area (Å²) in [5, 5.41) is 0. The van der Waals surface area contributed by atoms with Crippen molar-refractivity contribution in [2.75, 3.05) is 19.9 Å². The number of hydrogen-bond donors (Lipinski definition) is 0. The number of hydrogen-bond acceptors (Lipinski definition) is 3. The molecule has 1 rings (SSSR count). The average Bonchev–Trinajstić information content (AvgIpc) is 2.37. The first-order chi connectivity index (χ1) is 9.56. The molecule has 4 nitrogen and oxygen atoms in total. The highest BCUT2D eigenvalue weighted by Gasteiger charge is 2.30. The van der Waals surface area contributed by atoms with E-state index in [0.29, 0.717) is 5.56 Å². The third-order valence-electron chi connectivity index (χ3n) is 3.01. The molecule has 8 heteroatoms. The van der Waals surface area contributed by atoms with Gasteiger partial charge in [0.15, 0.2) is 0 Å². The Morgan fingerprint density at radius 3 is 2.19 bits per heavy atom. The third kappa shape index (κ3) is 5.29. The van der Waals surface area contributed by atoms with E-state index in [4.69, 9.17) is 4.74 Å². The molecule has 1 aromatic carbocycles. The summed E-state index contributed by atoms with van der Waals surface area (Å²) in [6.45, 7) is 1.64. The first-order valence-corrected chi connectivity index (χ1v) is 7.80. The number of alkyl halides is 3. The fourth-order valence-electron chi connectivity index (χ4n) is 1.65. The van der Waals surface area contributed by atoms with Gasteiger partial charge in [-0.3, -0.25) is 0 Å². The van der Waals surface area contributed by atoms with Gasteiger partial charge in [-0.15, -0.1) is 0 Å². The Hall–Kier alpha value is -1.12. The predicted molar refractivity (Wildman–Crippen MR) is 73.2 cm³/mol. The molecule has 1 unspecified atom stereocenters. The zero-order valence-electron chi connectivity index (χ0n) is 12.0. The second-order valence-corrected chi connectivity index (χ2v) is 6.90. The lowest BCUT2D eigenvalue weighted by Crippen LogP contribution is -2.33. The molecular weight excluding hydrogens is 307 g/mol. The Bertz CT molecular complexity index is 555. The van der Waals surface area contributed by atoms with E-state index in [1.807, 2.05) is 0 Å². The van der Waals surface area contributed by atoms with Crippen LogP contribution < -0.4 is 0 Å². The van der Waals surface area contributed by atoms with E-state index in [1.165, 1.54) is 26.3 Å². The van der Waals surface area contributed by atoms with Crippen molar-refractivity contribution in [1.82, 2.24) is 4.31 Å². The number of ether oxygens (including phenoxy) is 1. The largest absolute Gasteiger partial charge is 0.416 e. The van der Waals surface area contributed by atoms with Crippen molar-refractivity contribution in [3.63, 3.8) is 0 Å². The van der Waals surface area contributed by atoms with Crippen LogP contribution in [0.25, 0.3) is 0 Å². The normalized spacial score (nSPS) is 14.4. The smallest absolute Gasteiger partial charge is 0.381 e. The third-order valence-corrected chi connectivity index (χ3v) is 4.98. The zero-order valence-corrected chi connectivity index (χ0v) is 12.8. The summed E-state index contributed by atoms with van der Waals surface area (Å²) >= 11 is 0. The quantitative estimate of drug-likeness (QED) is 0.807. The maximum absolute atomic E-state index is 12.4. The molecule has 0 amide bonds. The van der Waals surface area contributed by atoms with Crippen molar-refractivity contribution >= 4 is 10.0 Å². The minimum atomic E-state index is -4.40. The van der Waals surface area contributed by atoms with E-state index >= 15 is 0 Å². The van der Waals surface area contributed by atoms with Gasteiger partial charge in [0.2, 0.25) is 10.0 Å². The predicted octanol–water partition coefficient (Wildman–Crippen LogP) is 2.50. The van der Waals surface area contributed by atoms with Crippen LogP contribution in [0.4, 0.5) is 13.2 Å². The van der Waals surface area contributed by atoms with Gasteiger partial charge >= 0.3 is 6.18 Å². The average molecular weight is 325 g/mol. The van der Waals surface area contributed by atoms with Crippen LogP contribution in [-0.2, 0) is 27.5 Å². The molecule has 21 heavy (non-hydrogen) atoms. The van der Waals surface area contributed by atoms with E-state index < -0.39 is 27.9 Å². The molecule has 0 spiro atoms. The standard InChI is InChI=1S/C13H18F3NO3S/c1-10(20-3)9-21(18,19)17(2)8-11-4-6-12(7-5-11)13(14,15)16/h4-7,10H,8-9H2,1-3H3. The van der Waals surface area contributed by atoms with Crippen molar-refractivity contribution in [2.24, 2.45) is 0 Å². The molecule has 0 aromatic heterocycles. The monoisotopic (exact) mass is 325 g/mol. The van der Waals surface area contributed by atoms with Crippen molar-refractivity contribution in [2.45, 2.75) is 25.7 Å². The van der Waals surface area contributed by atoms with Gasteiger partial charge in [0, 0.05) is 20.7 Å². The summed E-state index contributed by atoms with van der Waals surface area (Å²) in [7, 11) is -0.725. The highest BCUT2D eigenvalue weighted by Crippen LogP contribution is 2.29. The Labute approximate surface area is 122 Å². The van der Waals surface area contributed by atoms with Crippen LogP contribution in [0, 0.1) is 0 Å². The molecule has 0 aliphatic heterocycles. The number of benzene rings is 1. The lowest BCUT2D eigenvalue weighted by Gasteiger charge is -2.19. The van der Waals surface area contributed by atoms with Crippen LogP contribution >= 0.6 is 0 Å². The van der Waals surface area contributed by atoms with Crippen LogP contribution in [0.15, 0.2) is 24.3 Å². The van der Waals surface area contributed by atoms with Gasteiger partial charge in [0.05, 0.1) is 17.4 Å². The maximum atomic E-state index is 12.4. The zero-order chi connectivity index (χ0) is 16.3. The summed E-state index contributed by atoms with van der Waals surface area (Å²) in [5.41, 5.74) is -0.274. The number of nitrogens with zero attached hydrogens (tertiary/aromatic N) is 1. The Kier molecular flexibility index (Phi) is 5.77. The molecule has 0 heterocycles. The summed E-state index contributed by atoms with van der Waals surface area (Å²) in [4.78, 5) is 0. The van der Waals surface area contributed by atoms with Crippen LogP contribution in [0.3, 0.4) is 0 Å². The van der Waals surface area contributed by atoms with Crippen LogP contribution in [0.2, 0.25) is 0 Å². The SMILES string of the molecule is COC(C)CS(=O)(=O)N(C)Cc1ccc(C(F)(F)F)cc1. The van der Waals surface area contributed by atoms with Crippen molar-refractivity contribution in [1.29, 1.82) is 0 Å². The summed E-state index contributed by atoms with van der Waals surface area (Å²) in [6.07, 6.45) is -4.85. The molecular formula is C13H18F3NO3S. The van der Waals surface area contributed by atoms with Crippen molar-refractivity contribution in [3.05, 3.63) is 35.4 Å². The molecule has 0 N–H and O–H groups in total. The molecule has 0 aliphatic carbocycles. The second-order valence-electron chi connectivity index (χ2n) is 4.78. The van der Waals surface area contributed by atoms with Gasteiger partial charge in [-0.2, -0.15) is 13.2 Å². The molecule has 0 bridgehead atoms. The molecule has 0 saturated carbocycles. The maximum Gasteiger partial charge on any atom is 0.416 e. The van der Waals surface area contributed by atoms with Gasteiger partial charge in [0.25, 0.3) is 0 Å². The van der Waals surface area contributed by atoms with E-state index in [2.05, 4.69) is 0 Å². The number of sulfonamides is 1. The van der Waals surface area contributed by atoms with Crippen LogP contribution in [-0.4, -0.2) is 38.7 Å². The van der Waals surface area contributed by atoms with Crippen LogP contribution in [0.1, 0.15) is 18.1 Å². The summed E-state index contributed by atoms with van der Waals surface area (Å²) < 4.78 is 67.3. The lowest BCUT2D eigenvalue weighted by atomic mass is 10.1. The van der Waals surface area contributed by atoms with Gasteiger partial charge in [0.1, 0.15) is 0 Å². The fourth-order valence-corrected chi connectivity index (χ4v) is 2.98. The van der Waals surface area contributed by atoms with Crippen molar-refractivity contribution < 1.29 is 26.3 Å². The molecule has 0 saturated heterocycles. The Morgan fingerprint density at radius 1 is 1.24 bits per heavy atom. The van der Waals surface area contributed by atoms with E-state index in [9.17, 15) is 21.6 Å². The van der Waals surface area contributed by atoms with Gasteiger partial charge in [-0.1, -0.05) is 12.1 Å². The van der Waals surface area contributed by atoms with E-state index in [0.717, 1.165) is 16.4 Å². The molecule has 0 fully saturated rings. The van der Waals surface area contributed by atoms with Crippen LogP contribution in [0.5, 0.6) is 0 Å². The topological polar surface area (TPSA) is 46.6 Å². The highest BCUT2D eigenvalue weighted by atomic mass is 32.2. The molecule has 0 aliphatic rings. The first kappa shape index (κ1) is 17.9. The Morgan fingerprint density at radius 2 is 1.76 bits per heavy atom. The summed E-state index contributed by atoms with van der Waals surface area (Å²) in [6, 6.07) is 4.42. The number of halogens is 3. The minimum Gasteiger partial charge on any atom is -0.381 e.